The first kappa shape index (κ1) is 18.6. The number of aromatic nitrogens is 1. The first-order valence-electron chi connectivity index (χ1n) is 8.76. The number of hydrogen-bond donors (Lipinski definition) is 1. The molecule has 26 heavy (non-hydrogen) atoms. The van der Waals surface area contributed by atoms with Gasteiger partial charge in [-0.15, -0.1) is 0 Å². The van der Waals surface area contributed by atoms with Crippen LogP contribution in [-0.2, 0) is 23.0 Å². The summed E-state index contributed by atoms with van der Waals surface area (Å²) in [4.78, 5) is 12.5. The van der Waals surface area contributed by atoms with Crippen molar-refractivity contribution < 1.29 is 17.7 Å². The zero-order valence-electron chi connectivity index (χ0n) is 14.9. The highest BCUT2D eigenvalue weighted by Crippen LogP contribution is 2.26. The van der Waals surface area contributed by atoms with E-state index in [1.165, 1.54) is 16.4 Å². The van der Waals surface area contributed by atoms with Crippen LogP contribution in [0.5, 0.6) is 0 Å². The monoisotopic (exact) mass is 377 g/mol. The predicted molar refractivity (Wildman–Crippen MR) is 96.1 cm³/mol. The van der Waals surface area contributed by atoms with Gasteiger partial charge in [0.15, 0.2) is 5.76 Å². The van der Waals surface area contributed by atoms with E-state index in [1.807, 2.05) is 13.8 Å². The van der Waals surface area contributed by atoms with Gasteiger partial charge in [0.2, 0.25) is 10.0 Å². The Balaban J connectivity index is 1.73. The van der Waals surface area contributed by atoms with E-state index in [2.05, 4.69) is 10.5 Å². The fourth-order valence-electron chi connectivity index (χ4n) is 3.07. The van der Waals surface area contributed by atoms with E-state index in [0.717, 1.165) is 25.0 Å². The van der Waals surface area contributed by atoms with Gasteiger partial charge in [-0.25, -0.2) is 8.42 Å². The minimum absolute atomic E-state index is 0.0169. The molecule has 1 aliphatic rings. The molecule has 1 amide bonds. The highest BCUT2D eigenvalue weighted by atomic mass is 32.2. The van der Waals surface area contributed by atoms with Crippen molar-refractivity contribution in [3.8, 4) is 0 Å². The predicted octanol–water partition coefficient (Wildman–Crippen LogP) is 2.34. The van der Waals surface area contributed by atoms with Crippen LogP contribution < -0.4 is 5.32 Å². The molecule has 0 aliphatic carbocycles. The maximum absolute atomic E-state index is 12.8. The van der Waals surface area contributed by atoms with E-state index in [9.17, 15) is 13.2 Å². The average molecular weight is 377 g/mol. The molecule has 2 aromatic rings. The Morgan fingerprint density at radius 2 is 2.19 bits per heavy atom. The fraction of sp³-hybridized carbons (Fsp3) is 0.444. The molecular weight excluding hydrogens is 354 g/mol. The maximum Gasteiger partial charge on any atom is 0.251 e. The Hall–Kier alpha value is -2.19. The summed E-state index contributed by atoms with van der Waals surface area (Å²) in [5.74, 6) is 0.204. The minimum atomic E-state index is -3.59. The largest absolute Gasteiger partial charge is 0.359 e. The van der Waals surface area contributed by atoms with Crippen molar-refractivity contribution in [1.29, 1.82) is 0 Å². The summed E-state index contributed by atoms with van der Waals surface area (Å²) in [6, 6.07) is 7.91. The van der Waals surface area contributed by atoms with Crippen molar-refractivity contribution in [2.75, 3.05) is 6.54 Å². The second-order valence-corrected chi connectivity index (χ2v) is 8.35. The third kappa shape index (κ3) is 3.81. The Bertz CT molecular complexity index is 891. The van der Waals surface area contributed by atoms with Crippen LogP contribution in [0, 0.1) is 0 Å². The molecular formula is C18H23N3O4S. The van der Waals surface area contributed by atoms with Crippen LogP contribution in [0.4, 0.5) is 0 Å². The molecule has 0 unspecified atom stereocenters. The van der Waals surface area contributed by atoms with E-state index < -0.39 is 10.0 Å². The topological polar surface area (TPSA) is 92.5 Å². The molecule has 2 heterocycles. The van der Waals surface area contributed by atoms with Crippen LogP contribution >= 0.6 is 0 Å². The molecule has 1 N–H and O–H groups in total. The van der Waals surface area contributed by atoms with Crippen LogP contribution in [0.1, 0.15) is 48.5 Å². The molecule has 1 fully saturated rings. The summed E-state index contributed by atoms with van der Waals surface area (Å²) in [5.41, 5.74) is 1.12. The number of sulfonamides is 1. The van der Waals surface area contributed by atoms with Crippen molar-refractivity contribution in [1.82, 2.24) is 14.8 Å². The lowest BCUT2D eigenvalue weighted by molar-refractivity contribution is 0.0947. The molecule has 8 heteroatoms. The van der Waals surface area contributed by atoms with Gasteiger partial charge >= 0.3 is 0 Å². The molecule has 3 rings (SSSR count). The quantitative estimate of drug-likeness (QED) is 0.834. The number of hydrogen-bond acceptors (Lipinski definition) is 5. The standard InChI is InChI=1S/C18H23N3O4S/c1-3-15-11-16(25-20-15)12-19-18(22)14-7-4-8-17(10-14)26(23,24)21-9-5-6-13(21)2/h4,7-8,10-11,13H,3,5-6,9,12H2,1-2H3,(H,19,22)/t13-/m0/s1. The first-order chi connectivity index (χ1) is 12.4. The van der Waals surface area contributed by atoms with E-state index in [4.69, 9.17) is 4.52 Å². The van der Waals surface area contributed by atoms with Crippen LogP contribution in [-0.4, -0.2) is 36.4 Å². The van der Waals surface area contributed by atoms with Gasteiger partial charge in [-0.2, -0.15) is 4.31 Å². The van der Waals surface area contributed by atoms with Crippen molar-refractivity contribution in [3.05, 3.63) is 47.3 Å². The average Bonchev–Trinajstić information content (AvgIpc) is 3.28. The van der Waals surface area contributed by atoms with Gasteiger partial charge in [0.25, 0.3) is 5.91 Å². The SMILES string of the molecule is CCc1cc(CNC(=O)c2cccc(S(=O)(=O)N3CCC[C@@H]3C)c2)on1. The van der Waals surface area contributed by atoms with Crippen molar-refractivity contribution in [3.63, 3.8) is 0 Å². The smallest absolute Gasteiger partial charge is 0.251 e. The summed E-state index contributed by atoms with van der Waals surface area (Å²) < 4.78 is 32.2. The van der Waals surface area contributed by atoms with E-state index in [-0.39, 0.29) is 23.4 Å². The Kier molecular flexibility index (Phi) is 5.43. The number of nitrogens with one attached hydrogen (secondary N) is 1. The second kappa shape index (κ2) is 7.59. The van der Waals surface area contributed by atoms with Crippen LogP contribution in [0.3, 0.4) is 0 Å². The Morgan fingerprint density at radius 1 is 1.38 bits per heavy atom. The lowest BCUT2D eigenvalue weighted by Gasteiger charge is -2.21. The summed E-state index contributed by atoms with van der Waals surface area (Å²) in [5, 5.41) is 6.60. The molecule has 0 saturated carbocycles. The van der Waals surface area contributed by atoms with Gasteiger partial charge in [0.1, 0.15) is 0 Å². The number of carbonyl (C=O) groups excluding carboxylic acids is 1. The molecule has 1 aromatic carbocycles. The highest BCUT2D eigenvalue weighted by Gasteiger charge is 2.32. The lowest BCUT2D eigenvalue weighted by atomic mass is 10.2. The van der Waals surface area contributed by atoms with Crippen LogP contribution in [0.2, 0.25) is 0 Å². The Morgan fingerprint density at radius 3 is 2.85 bits per heavy atom. The Labute approximate surface area is 153 Å². The molecule has 7 nitrogen and oxygen atoms in total. The van der Waals surface area contributed by atoms with Crippen molar-refractivity contribution in [2.24, 2.45) is 0 Å². The molecule has 0 radical (unpaired) electrons. The molecule has 0 spiro atoms. The molecule has 1 aliphatic heterocycles. The summed E-state index contributed by atoms with van der Waals surface area (Å²) >= 11 is 0. The van der Waals surface area contributed by atoms with Crippen LogP contribution in [0.25, 0.3) is 0 Å². The fourth-order valence-corrected chi connectivity index (χ4v) is 4.82. The van der Waals surface area contributed by atoms with Crippen molar-refractivity contribution in [2.45, 2.75) is 50.6 Å². The van der Waals surface area contributed by atoms with Gasteiger partial charge < -0.3 is 9.84 Å². The molecule has 1 aromatic heterocycles. The molecule has 1 atom stereocenters. The maximum atomic E-state index is 12.8. The zero-order valence-corrected chi connectivity index (χ0v) is 15.8. The van der Waals surface area contributed by atoms with Gasteiger partial charge in [0, 0.05) is 24.2 Å². The van der Waals surface area contributed by atoms with Gasteiger partial charge in [-0.05, 0) is 44.4 Å². The number of rotatable bonds is 6. The van der Waals surface area contributed by atoms with Gasteiger partial charge in [-0.1, -0.05) is 18.1 Å². The second-order valence-electron chi connectivity index (χ2n) is 6.46. The number of carbonyl (C=O) groups is 1. The summed E-state index contributed by atoms with van der Waals surface area (Å²) in [6.45, 7) is 4.59. The van der Waals surface area contributed by atoms with E-state index >= 15 is 0 Å². The number of aryl methyl sites for hydroxylation is 1. The zero-order chi connectivity index (χ0) is 18.7. The number of benzene rings is 1. The third-order valence-electron chi connectivity index (χ3n) is 4.59. The highest BCUT2D eigenvalue weighted by molar-refractivity contribution is 7.89. The lowest BCUT2D eigenvalue weighted by Crippen LogP contribution is -2.33. The third-order valence-corrected chi connectivity index (χ3v) is 6.60. The number of nitrogens with zero attached hydrogens (tertiary/aromatic N) is 2. The van der Waals surface area contributed by atoms with E-state index in [0.29, 0.717) is 17.9 Å². The van der Waals surface area contributed by atoms with Gasteiger partial charge in [0.05, 0.1) is 17.1 Å². The van der Waals surface area contributed by atoms with Gasteiger partial charge in [-0.3, -0.25) is 4.79 Å². The van der Waals surface area contributed by atoms with Crippen molar-refractivity contribution >= 4 is 15.9 Å². The minimum Gasteiger partial charge on any atom is -0.359 e. The number of amides is 1. The first-order valence-corrected chi connectivity index (χ1v) is 10.2. The van der Waals surface area contributed by atoms with Crippen LogP contribution in [0.15, 0.2) is 39.8 Å². The molecule has 140 valence electrons. The van der Waals surface area contributed by atoms with E-state index in [1.54, 1.807) is 18.2 Å². The summed E-state index contributed by atoms with van der Waals surface area (Å²) in [6.07, 6.45) is 2.47. The normalized spacial score (nSPS) is 18.2. The molecule has 1 saturated heterocycles. The summed E-state index contributed by atoms with van der Waals surface area (Å²) in [7, 11) is -3.59. The molecule has 0 bridgehead atoms.